The molecule has 0 aliphatic rings. The summed E-state index contributed by atoms with van der Waals surface area (Å²) in [6.07, 6.45) is 1.72. The van der Waals surface area contributed by atoms with Gasteiger partial charge in [-0.25, -0.2) is 14.4 Å². The molecule has 0 bridgehead atoms. The Labute approximate surface area is 134 Å². The van der Waals surface area contributed by atoms with Crippen LogP contribution in [0.1, 0.15) is 0 Å². The third-order valence-corrected chi connectivity index (χ3v) is 3.55. The Balaban J connectivity index is 1.96. The van der Waals surface area contributed by atoms with Crippen LogP contribution >= 0.6 is 0 Å². The van der Waals surface area contributed by atoms with E-state index in [4.69, 9.17) is 4.74 Å². The monoisotopic (exact) mass is 311 g/mol. The fourth-order valence-electron chi connectivity index (χ4n) is 2.35. The van der Waals surface area contributed by atoms with Crippen molar-refractivity contribution < 1.29 is 9.13 Å². The Morgan fingerprint density at radius 1 is 1.09 bits per heavy atom. The van der Waals surface area contributed by atoms with Crippen molar-refractivity contribution in [2.45, 2.75) is 0 Å². The summed E-state index contributed by atoms with van der Waals surface area (Å²) in [6, 6.07) is 13.6. The van der Waals surface area contributed by atoms with E-state index < -0.39 is 6.67 Å². The van der Waals surface area contributed by atoms with Crippen molar-refractivity contribution in [1.82, 2.24) is 9.97 Å². The lowest BCUT2D eigenvalue weighted by Gasteiger charge is -2.12. The Hall–Kier alpha value is -2.69. The van der Waals surface area contributed by atoms with E-state index in [9.17, 15) is 4.39 Å². The molecule has 0 saturated carbocycles. The standard InChI is InChI=1S/C18H18FN3O/c1-22(2)14-8-6-13(7-9-14)16-12-20-18-15(21-16)4-3-5-17(18)23-11-10-19/h3-9,12H,10-11H2,1-2H3. The molecular formula is C18H18FN3O. The van der Waals surface area contributed by atoms with Gasteiger partial charge < -0.3 is 9.64 Å². The molecule has 3 rings (SSSR count). The van der Waals surface area contributed by atoms with E-state index in [0.29, 0.717) is 11.3 Å². The van der Waals surface area contributed by atoms with Crippen LogP contribution in [0.4, 0.5) is 10.1 Å². The summed E-state index contributed by atoms with van der Waals surface area (Å²) in [5.74, 6) is 0.558. The summed E-state index contributed by atoms with van der Waals surface area (Å²) in [5, 5.41) is 0. The lowest BCUT2D eigenvalue weighted by atomic mass is 10.1. The number of nitrogens with zero attached hydrogens (tertiary/aromatic N) is 3. The molecule has 1 aromatic heterocycles. The third kappa shape index (κ3) is 3.23. The van der Waals surface area contributed by atoms with Crippen molar-refractivity contribution in [3.63, 3.8) is 0 Å². The largest absolute Gasteiger partial charge is 0.489 e. The summed E-state index contributed by atoms with van der Waals surface area (Å²) in [7, 11) is 4.01. The minimum absolute atomic E-state index is 0.0224. The highest BCUT2D eigenvalue weighted by Crippen LogP contribution is 2.26. The summed E-state index contributed by atoms with van der Waals surface area (Å²) >= 11 is 0. The first-order valence-corrected chi connectivity index (χ1v) is 7.41. The quantitative estimate of drug-likeness (QED) is 0.720. The van der Waals surface area contributed by atoms with Gasteiger partial charge in [0.1, 0.15) is 24.5 Å². The van der Waals surface area contributed by atoms with Gasteiger partial charge in [0.25, 0.3) is 0 Å². The van der Waals surface area contributed by atoms with E-state index >= 15 is 0 Å². The number of alkyl halides is 1. The van der Waals surface area contributed by atoms with Crippen molar-refractivity contribution in [2.75, 3.05) is 32.3 Å². The molecule has 0 saturated heterocycles. The van der Waals surface area contributed by atoms with E-state index in [1.807, 2.05) is 55.4 Å². The lowest BCUT2D eigenvalue weighted by Crippen LogP contribution is -2.07. The van der Waals surface area contributed by atoms with Crippen LogP contribution in [0, 0.1) is 0 Å². The highest BCUT2D eigenvalue weighted by molar-refractivity contribution is 5.82. The Morgan fingerprint density at radius 3 is 2.57 bits per heavy atom. The molecule has 0 N–H and O–H groups in total. The van der Waals surface area contributed by atoms with Gasteiger partial charge in [-0.05, 0) is 24.3 Å². The molecule has 0 unspecified atom stereocenters. The molecule has 1 heterocycles. The first kappa shape index (κ1) is 15.2. The average molecular weight is 311 g/mol. The maximum Gasteiger partial charge on any atom is 0.147 e. The number of halogens is 1. The molecular weight excluding hydrogens is 293 g/mol. The maximum absolute atomic E-state index is 12.3. The minimum atomic E-state index is -0.528. The van der Waals surface area contributed by atoms with Crippen molar-refractivity contribution in [3.05, 3.63) is 48.7 Å². The summed E-state index contributed by atoms with van der Waals surface area (Å²) in [5.41, 5.74) is 4.31. The zero-order valence-electron chi connectivity index (χ0n) is 13.2. The molecule has 0 radical (unpaired) electrons. The molecule has 0 amide bonds. The van der Waals surface area contributed by atoms with E-state index in [2.05, 4.69) is 9.97 Å². The molecule has 118 valence electrons. The molecule has 0 spiro atoms. The number of rotatable bonds is 5. The van der Waals surface area contributed by atoms with Crippen LogP contribution in [0.2, 0.25) is 0 Å². The smallest absolute Gasteiger partial charge is 0.147 e. The van der Waals surface area contributed by atoms with Crippen LogP contribution in [0.3, 0.4) is 0 Å². The second-order valence-corrected chi connectivity index (χ2v) is 5.36. The van der Waals surface area contributed by atoms with E-state index in [1.54, 1.807) is 12.3 Å². The summed E-state index contributed by atoms with van der Waals surface area (Å²) in [4.78, 5) is 11.1. The van der Waals surface area contributed by atoms with Gasteiger partial charge in [-0.3, -0.25) is 0 Å². The number of ether oxygens (including phenoxy) is 1. The van der Waals surface area contributed by atoms with Gasteiger partial charge in [0, 0.05) is 25.3 Å². The number of aromatic nitrogens is 2. The second kappa shape index (κ2) is 6.60. The fraction of sp³-hybridized carbons (Fsp3) is 0.222. The SMILES string of the molecule is CN(C)c1ccc(-c2cnc3c(OCCF)cccc3n2)cc1. The van der Waals surface area contributed by atoms with Gasteiger partial charge in [0.2, 0.25) is 0 Å². The van der Waals surface area contributed by atoms with Crippen LogP contribution in [-0.2, 0) is 0 Å². The normalized spacial score (nSPS) is 10.7. The topological polar surface area (TPSA) is 38.2 Å². The lowest BCUT2D eigenvalue weighted by molar-refractivity contribution is 0.275. The van der Waals surface area contributed by atoms with Crippen LogP contribution in [0.15, 0.2) is 48.7 Å². The van der Waals surface area contributed by atoms with E-state index in [1.165, 1.54) is 0 Å². The van der Waals surface area contributed by atoms with Crippen LogP contribution in [0.5, 0.6) is 5.75 Å². The predicted octanol–water partition coefficient (Wildman–Crippen LogP) is 3.71. The molecule has 3 aromatic rings. The third-order valence-electron chi connectivity index (χ3n) is 3.55. The van der Waals surface area contributed by atoms with Gasteiger partial charge in [-0.2, -0.15) is 0 Å². The molecule has 2 aromatic carbocycles. The molecule has 4 nitrogen and oxygen atoms in total. The first-order chi connectivity index (χ1) is 11.2. The fourth-order valence-corrected chi connectivity index (χ4v) is 2.35. The maximum atomic E-state index is 12.3. The zero-order chi connectivity index (χ0) is 16.2. The number of para-hydroxylation sites is 1. The van der Waals surface area contributed by atoms with Gasteiger partial charge in [0.05, 0.1) is 17.4 Å². The van der Waals surface area contributed by atoms with E-state index in [0.717, 1.165) is 22.5 Å². The molecule has 0 aliphatic heterocycles. The number of fused-ring (bicyclic) bond motifs is 1. The average Bonchev–Trinajstić information content (AvgIpc) is 2.59. The van der Waals surface area contributed by atoms with Gasteiger partial charge in [0.15, 0.2) is 0 Å². The Kier molecular flexibility index (Phi) is 4.37. The van der Waals surface area contributed by atoms with Crippen LogP contribution in [-0.4, -0.2) is 37.3 Å². The van der Waals surface area contributed by atoms with Gasteiger partial charge in [-0.15, -0.1) is 0 Å². The van der Waals surface area contributed by atoms with Crippen LogP contribution in [0.25, 0.3) is 22.3 Å². The Morgan fingerprint density at radius 2 is 1.87 bits per heavy atom. The van der Waals surface area contributed by atoms with Crippen LogP contribution < -0.4 is 9.64 Å². The van der Waals surface area contributed by atoms with Crippen molar-refractivity contribution in [3.8, 4) is 17.0 Å². The van der Waals surface area contributed by atoms with Crippen molar-refractivity contribution in [1.29, 1.82) is 0 Å². The minimum Gasteiger partial charge on any atom is -0.489 e. The number of anilines is 1. The molecule has 5 heteroatoms. The summed E-state index contributed by atoms with van der Waals surface area (Å²) in [6.45, 7) is -0.505. The Bertz CT molecular complexity index is 803. The highest BCUT2D eigenvalue weighted by Gasteiger charge is 2.07. The number of hydrogen-bond donors (Lipinski definition) is 0. The van der Waals surface area contributed by atoms with E-state index in [-0.39, 0.29) is 6.61 Å². The zero-order valence-corrected chi connectivity index (χ0v) is 13.2. The molecule has 0 atom stereocenters. The number of benzene rings is 2. The first-order valence-electron chi connectivity index (χ1n) is 7.41. The van der Waals surface area contributed by atoms with Gasteiger partial charge in [-0.1, -0.05) is 18.2 Å². The second-order valence-electron chi connectivity index (χ2n) is 5.36. The van der Waals surface area contributed by atoms with Crippen molar-refractivity contribution in [2.24, 2.45) is 0 Å². The molecule has 0 fully saturated rings. The number of hydrogen-bond acceptors (Lipinski definition) is 4. The van der Waals surface area contributed by atoms with Crippen molar-refractivity contribution >= 4 is 16.7 Å². The predicted molar refractivity (Wildman–Crippen MR) is 90.8 cm³/mol. The molecule has 23 heavy (non-hydrogen) atoms. The highest BCUT2D eigenvalue weighted by atomic mass is 19.1. The summed E-state index contributed by atoms with van der Waals surface area (Å²) < 4.78 is 17.7. The van der Waals surface area contributed by atoms with Gasteiger partial charge >= 0.3 is 0 Å². The molecule has 0 aliphatic carbocycles.